The number of ether oxygens (including phenoxy) is 1. The molecule has 20 heavy (non-hydrogen) atoms. The van der Waals surface area contributed by atoms with Gasteiger partial charge < -0.3 is 15.0 Å². The van der Waals surface area contributed by atoms with E-state index in [1.54, 1.807) is 0 Å². The highest BCUT2D eigenvalue weighted by Gasteiger charge is 2.19. The molecule has 3 heteroatoms. The first-order valence-electron chi connectivity index (χ1n) is 7.92. The summed E-state index contributed by atoms with van der Waals surface area (Å²) in [4.78, 5) is 2.47. The van der Waals surface area contributed by atoms with Gasteiger partial charge in [0.25, 0.3) is 0 Å². The van der Waals surface area contributed by atoms with Crippen molar-refractivity contribution in [3.63, 3.8) is 0 Å². The maximum Gasteiger partial charge on any atom is 0.0608 e. The van der Waals surface area contributed by atoms with Crippen molar-refractivity contribution >= 4 is 5.69 Å². The quantitative estimate of drug-likeness (QED) is 0.862. The van der Waals surface area contributed by atoms with Crippen molar-refractivity contribution in [1.29, 1.82) is 0 Å². The van der Waals surface area contributed by atoms with Gasteiger partial charge in [-0.3, -0.25) is 0 Å². The summed E-state index contributed by atoms with van der Waals surface area (Å²) in [6.07, 6.45) is 3.87. The maximum absolute atomic E-state index is 5.71. The third-order valence-corrected chi connectivity index (χ3v) is 4.26. The highest BCUT2D eigenvalue weighted by molar-refractivity contribution is 5.48. The summed E-state index contributed by atoms with van der Waals surface area (Å²) in [7, 11) is 2.03. The Morgan fingerprint density at radius 3 is 2.35 bits per heavy atom. The Morgan fingerprint density at radius 1 is 1.20 bits per heavy atom. The van der Waals surface area contributed by atoms with Gasteiger partial charge in [-0.05, 0) is 50.9 Å². The van der Waals surface area contributed by atoms with Gasteiger partial charge >= 0.3 is 0 Å². The lowest BCUT2D eigenvalue weighted by atomic mass is 10.0. The number of anilines is 1. The molecule has 0 bridgehead atoms. The Morgan fingerprint density at radius 2 is 1.85 bits per heavy atom. The standard InChI is InChI=1S/C17H28N2O/c1-4-17(18-3)14-6-8-15(9-7-14)19-12-10-16(11-13-19)20-5-2/h6-9,16-18H,4-5,10-13H2,1-3H3. The molecule has 3 nitrogen and oxygen atoms in total. The van der Waals surface area contributed by atoms with Gasteiger partial charge in [0.15, 0.2) is 0 Å². The Balaban J connectivity index is 1.94. The summed E-state index contributed by atoms with van der Waals surface area (Å²) in [6, 6.07) is 9.50. The monoisotopic (exact) mass is 276 g/mol. The topological polar surface area (TPSA) is 24.5 Å². The lowest BCUT2D eigenvalue weighted by molar-refractivity contribution is 0.0459. The van der Waals surface area contributed by atoms with E-state index in [-0.39, 0.29) is 0 Å². The third-order valence-electron chi connectivity index (χ3n) is 4.26. The lowest BCUT2D eigenvalue weighted by Gasteiger charge is -2.33. The van der Waals surface area contributed by atoms with Crippen LogP contribution in [0.3, 0.4) is 0 Å². The Bertz CT molecular complexity index is 378. The van der Waals surface area contributed by atoms with E-state index in [2.05, 4.69) is 48.3 Å². The van der Waals surface area contributed by atoms with E-state index < -0.39 is 0 Å². The van der Waals surface area contributed by atoms with Gasteiger partial charge in [0, 0.05) is 31.4 Å². The van der Waals surface area contributed by atoms with E-state index in [9.17, 15) is 0 Å². The molecule has 1 unspecified atom stereocenters. The summed E-state index contributed by atoms with van der Waals surface area (Å²) >= 11 is 0. The molecule has 1 atom stereocenters. The second-order valence-corrected chi connectivity index (χ2v) is 5.48. The number of piperidine rings is 1. The molecular formula is C17H28N2O. The second kappa shape index (κ2) is 7.65. The van der Waals surface area contributed by atoms with Gasteiger partial charge in [-0.2, -0.15) is 0 Å². The minimum Gasteiger partial charge on any atom is -0.378 e. The van der Waals surface area contributed by atoms with Crippen molar-refractivity contribution in [1.82, 2.24) is 5.32 Å². The highest BCUT2D eigenvalue weighted by atomic mass is 16.5. The number of rotatable bonds is 6. The fourth-order valence-corrected chi connectivity index (χ4v) is 3.04. The van der Waals surface area contributed by atoms with Gasteiger partial charge in [-0.25, -0.2) is 0 Å². The van der Waals surface area contributed by atoms with E-state index in [1.165, 1.54) is 11.3 Å². The zero-order valence-corrected chi connectivity index (χ0v) is 13.1. The molecule has 1 fully saturated rings. The molecule has 0 saturated carbocycles. The van der Waals surface area contributed by atoms with E-state index in [4.69, 9.17) is 4.74 Å². The second-order valence-electron chi connectivity index (χ2n) is 5.48. The van der Waals surface area contributed by atoms with Crippen molar-refractivity contribution in [2.45, 2.75) is 45.3 Å². The third kappa shape index (κ3) is 3.74. The molecule has 1 N–H and O–H groups in total. The number of benzene rings is 1. The molecule has 0 spiro atoms. The van der Waals surface area contributed by atoms with Crippen molar-refractivity contribution in [3.05, 3.63) is 29.8 Å². The van der Waals surface area contributed by atoms with Crippen LogP contribution in [0.2, 0.25) is 0 Å². The lowest BCUT2D eigenvalue weighted by Crippen LogP contribution is -2.37. The van der Waals surface area contributed by atoms with Crippen molar-refractivity contribution in [2.75, 3.05) is 31.6 Å². The molecule has 0 radical (unpaired) electrons. The first kappa shape index (κ1) is 15.3. The van der Waals surface area contributed by atoms with Gasteiger partial charge in [-0.1, -0.05) is 19.1 Å². The molecule has 0 amide bonds. The van der Waals surface area contributed by atoms with Crippen molar-refractivity contribution in [2.24, 2.45) is 0 Å². The van der Waals surface area contributed by atoms with E-state index in [0.717, 1.165) is 39.0 Å². The van der Waals surface area contributed by atoms with Crippen LogP contribution in [0, 0.1) is 0 Å². The van der Waals surface area contributed by atoms with Gasteiger partial charge in [0.2, 0.25) is 0 Å². The summed E-state index contributed by atoms with van der Waals surface area (Å²) in [5.74, 6) is 0. The van der Waals surface area contributed by atoms with Crippen LogP contribution in [-0.2, 0) is 4.74 Å². The summed E-state index contributed by atoms with van der Waals surface area (Å²) < 4.78 is 5.71. The van der Waals surface area contributed by atoms with E-state index in [0.29, 0.717) is 12.1 Å². The molecule has 1 aliphatic rings. The molecule has 2 rings (SSSR count). The maximum atomic E-state index is 5.71. The zero-order chi connectivity index (χ0) is 14.4. The van der Waals surface area contributed by atoms with Crippen molar-refractivity contribution in [3.8, 4) is 0 Å². The zero-order valence-electron chi connectivity index (χ0n) is 13.1. The predicted molar refractivity (Wildman–Crippen MR) is 85.4 cm³/mol. The first-order valence-corrected chi connectivity index (χ1v) is 7.92. The summed E-state index contributed by atoms with van der Waals surface area (Å²) in [5, 5.41) is 3.36. The van der Waals surface area contributed by atoms with Crippen LogP contribution in [-0.4, -0.2) is 32.8 Å². The molecule has 1 heterocycles. The summed E-state index contributed by atoms with van der Waals surface area (Å²) in [5.41, 5.74) is 2.72. The van der Waals surface area contributed by atoms with Crippen LogP contribution in [0.1, 0.15) is 44.7 Å². The average molecular weight is 276 g/mol. The van der Waals surface area contributed by atoms with Crippen LogP contribution in [0.4, 0.5) is 5.69 Å². The smallest absolute Gasteiger partial charge is 0.0608 e. The van der Waals surface area contributed by atoms with E-state index >= 15 is 0 Å². The number of nitrogens with zero attached hydrogens (tertiary/aromatic N) is 1. The van der Waals surface area contributed by atoms with Crippen LogP contribution in [0.25, 0.3) is 0 Å². The fraction of sp³-hybridized carbons (Fsp3) is 0.647. The normalized spacial score (nSPS) is 18.2. The predicted octanol–water partition coefficient (Wildman–Crippen LogP) is 3.36. The summed E-state index contributed by atoms with van der Waals surface area (Å²) in [6.45, 7) is 7.34. The molecule has 112 valence electrons. The van der Waals surface area contributed by atoms with E-state index in [1.807, 2.05) is 7.05 Å². The number of hydrogen-bond acceptors (Lipinski definition) is 3. The van der Waals surface area contributed by atoms with Crippen LogP contribution >= 0.6 is 0 Å². The van der Waals surface area contributed by atoms with Gasteiger partial charge in [0.05, 0.1) is 6.10 Å². The molecule has 0 aliphatic carbocycles. The minimum atomic E-state index is 0.462. The Hall–Kier alpha value is -1.06. The Labute approximate surface area is 123 Å². The fourth-order valence-electron chi connectivity index (χ4n) is 3.04. The van der Waals surface area contributed by atoms with Crippen LogP contribution in [0.15, 0.2) is 24.3 Å². The SMILES string of the molecule is CCOC1CCN(c2ccc(C(CC)NC)cc2)CC1. The molecule has 1 saturated heterocycles. The van der Waals surface area contributed by atoms with Gasteiger partial charge in [-0.15, -0.1) is 0 Å². The first-order chi connectivity index (χ1) is 9.78. The number of hydrogen-bond donors (Lipinski definition) is 1. The largest absolute Gasteiger partial charge is 0.378 e. The van der Waals surface area contributed by atoms with Gasteiger partial charge in [0.1, 0.15) is 0 Å². The Kier molecular flexibility index (Phi) is 5.86. The molecule has 1 aromatic rings. The molecular weight excluding hydrogens is 248 g/mol. The minimum absolute atomic E-state index is 0.462. The van der Waals surface area contributed by atoms with Crippen LogP contribution < -0.4 is 10.2 Å². The molecule has 1 aromatic carbocycles. The number of nitrogens with one attached hydrogen (secondary N) is 1. The highest BCUT2D eigenvalue weighted by Crippen LogP contribution is 2.24. The van der Waals surface area contributed by atoms with Crippen molar-refractivity contribution < 1.29 is 4.74 Å². The average Bonchev–Trinajstić information content (AvgIpc) is 2.50. The molecule has 1 aliphatic heterocycles. The van der Waals surface area contributed by atoms with Crippen LogP contribution in [0.5, 0.6) is 0 Å². The molecule has 0 aromatic heterocycles.